The minimum absolute atomic E-state index is 0.254. The highest BCUT2D eigenvalue weighted by atomic mass is 16.2. The summed E-state index contributed by atoms with van der Waals surface area (Å²) in [6.45, 7) is 6.19. The number of likely N-dealkylation sites (tertiary alicyclic amines) is 1. The molecule has 2 heterocycles. The van der Waals surface area contributed by atoms with Crippen molar-refractivity contribution < 1.29 is 4.79 Å². The summed E-state index contributed by atoms with van der Waals surface area (Å²) in [6, 6.07) is 0. The second-order valence-corrected chi connectivity index (χ2v) is 5.07. The number of hydrogen-bond acceptors (Lipinski definition) is 2. The maximum atomic E-state index is 12.2. The van der Waals surface area contributed by atoms with Crippen LogP contribution < -0.4 is 5.32 Å². The molecule has 0 aromatic carbocycles. The van der Waals surface area contributed by atoms with Crippen LogP contribution in [0.15, 0.2) is 0 Å². The number of amides is 1. The second kappa shape index (κ2) is 4.97. The Morgan fingerprint density at radius 1 is 1.33 bits per heavy atom. The van der Waals surface area contributed by atoms with Crippen LogP contribution in [-0.2, 0) is 4.79 Å². The summed E-state index contributed by atoms with van der Waals surface area (Å²) >= 11 is 0. The van der Waals surface area contributed by atoms with Crippen LogP contribution >= 0.6 is 0 Å². The molecule has 0 aromatic rings. The zero-order valence-electron chi connectivity index (χ0n) is 9.67. The lowest BCUT2D eigenvalue weighted by atomic mass is 9.94. The van der Waals surface area contributed by atoms with Crippen molar-refractivity contribution in [3.63, 3.8) is 0 Å². The van der Waals surface area contributed by atoms with E-state index in [-0.39, 0.29) is 5.92 Å². The van der Waals surface area contributed by atoms with E-state index in [1.165, 1.54) is 12.8 Å². The Kier molecular flexibility index (Phi) is 3.62. The quantitative estimate of drug-likeness (QED) is 0.706. The van der Waals surface area contributed by atoms with Gasteiger partial charge in [-0.25, -0.2) is 0 Å². The van der Waals surface area contributed by atoms with Crippen molar-refractivity contribution in [2.24, 2.45) is 11.8 Å². The Bertz CT molecular complexity index is 224. The SMILES string of the molecule is CC1CCCN(C(=O)[C@@H]2CCCNC2)C1. The zero-order valence-corrected chi connectivity index (χ0v) is 9.67. The van der Waals surface area contributed by atoms with E-state index >= 15 is 0 Å². The number of nitrogens with one attached hydrogen (secondary N) is 1. The van der Waals surface area contributed by atoms with Gasteiger partial charge in [-0.3, -0.25) is 4.79 Å². The average Bonchev–Trinajstić information content (AvgIpc) is 2.29. The first kappa shape index (κ1) is 10.9. The number of carbonyl (C=O) groups excluding carboxylic acids is 1. The first-order valence-electron chi connectivity index (χ1n) is 6.27. The largest absolute Gasteiger partial charge is 0.342 e. The van der Waals surface area contributed by atoms with Crippen molar-refractivity contribution in [3.05, 3.63) is 0 Å². The van der Waals surface area contributed by atoms with Gasteiger partial charge in [0.05, 0.1) is 5.92 Å². The molecule has 3 nitrogen and oxygen atoms in total. The third kappa shape index (κ3) is 2.71. The van der Waals surface area contributed by atoms with Gasteiger partial charge >= 0.3 is 0 Å². The summed E-state index contributed by atoms with van der Waals surface area (Å²) in [6.07, 6.45) is 4.70. The molecule has 0 aliphatic carbocycles. The van der Waals surface area contributed by atoms with Crippen molar-refractivity contribution in [2.75, 3.05) is 26.2 Å². The number of carbonyl (C=O) groups is 1. The van der Waals surface area contributed by atoms with Gasteiger partial charge in [-0.05, 0) is 38.1 Å². The molecule has 2 atom stereocenters. The molecule has 0 saturated carbocycles. The normalized spacial score (nSPS) is 32.7. The summed E-state index contributed by atoms with van der Waals surface area (Å²) in [7, 11) is 0. The molecule has 1 amide bonds. The van der Waals surface area contributed by atoms with E-state index in [0.717, 1.165) is 39.0 Å². The molecule has 0 radical (unpaired) electrons. The van der Waals surface area contributed by atoms with Crippen LogP contribution in [0, 0.1) is 11.8 Å². The van der Waals surface area contributed by atoms with E-state index in [2.05, 4.69) is 17.1 Å². The molecule has 15 heavy (non-hydrogen) atoms. The van der Waals surface area contributed by atoms with Gasteiger partial charge in [0, 0.05) is 19.6 Å². The number of piperidine rings is 2. The van der Waals surface area contributed by atoms with Gasteiger partial charge in [0.25, 0.3) is 0 Å². The molecule has 0 spiro atoms. The van der Waals surface area contributed by atoms with Gasteiger partial charge in [-0.1, -0.05) is 6.92 Å². The molecule has 2 aliphatic heterocycles. The van der Waals surface area contributed by atoms with Crippen molar-refractivity contribution in [2.45, 2.75) is 32.6 Å². The van der Waals surface area contributed by atoms with Gasteiger partial charge in [0.15, 0.2) is 0 Å². The number of nitrogens with zero attached hydrogens (tertiary/aromatic N) is 1. The topological polar surface area (TPSA) is 32.3 Å². The van der Waals surface area contributed by atoms with Gasteiger partial charge in [-0.15, -0.1) is 0 Å². The lowest BCUT2D eigenvalue weighted by Crippen LogP contribution is -2.46. The molecular weight excluding hydrogens is 188 g/mol. The van der Waals surface area contributed by atoms with Gasteiger partial charge in [-0.2, -0.15) is 0 Å². The fourth-order valence-corrected chi connectivity index (χ4v) is 2.71. The van der Waals surface area contributed by atoms with Crippen molar-refractivity contribution >= 4 is 5.91 Å². The third-order valence-electron chi connectivity index (χ3n) is 3.61. The van der Waals surface area contributed by atoms with Crippen LogP contribution in [0.4, 0.5) is 0 Å². The first-order chi connectivity index (χ1) is 7.27. The van der Waals surface area contributed by atoms with Crippen LogP contribution in [0.2, 0.25) is 0 Å². The van der Waals surface area contributed by atoms with Gasteiger partial charge < -0.3 is 10.2 Å². The van der Waals surface area contributed by atoms with Gasteiger partial charge in [0.2, 0.25) is 5.91 Å². The highest BCUT2D eigenvalue weighted by molar-refractivity contribution is 5.79. The van der Waals surface area contributed by atoms with Gasteiger partial charge in [0.1, 0.15) is 0 Å². The molecule has 2 aliphatic rings. The van der Waals surface area contributed by atoms with Crippen LogP contribution in [-0.4, -0.2) is 37.0 Å². The Hall–Kier alpha value is -0.570. The molecule has 2 fully saturated rings. The fourth-order valence-electron chi connectivity index (χ4n) is 2.71. The van der Waals surface area contributed by atoms with Crippen molar-refractivity contribution in [1.82, 2.24) is 10.2 Å². The second-order valence-electron chi connectivity index (χ2n) is 5.07. The standard InChI is InChI=1S/C12H22N2O/c1-10-4-3-7-14(9-10)12(15)11-5-2-6-13-8-11/h10-11,13H,2-9H2,1H3/t10?,11-/m1/s1. The van der Waals surface area contributed by atoms with Crippen LogP contribution in [0.3, 0.4) is 0 Å². The Balaban J connectivity index is 1.88. The van der Waals surface area contributed by atoms with Crippen LogP contribution in [0.1, 0.15) is 32.6 Å². The van der Waals surface area contributed by atoms with E-state index in [1.807, 2.05) is 0 Å². The minimum Gasteiger partial charge on any atom is -0.342 e. The third-order valence-corrected chi connectivity index (χ3v) is 3.61. The molecular formula is C12H22N2O. The fraction of sp³-hybridized carbons (Fsp3) is 0.917. The van der Waals surface area contributed by atoms with E-state index < -0.39 is 0 Å². The smallest absolute Gasteiger partial charge is 0.226 e. The summed E-state index contributed by atoms with van der Waals surface area (Å²) in [5.74, 6) is 1.34. The average molecular weight is 210 g/mol. The molecule has 2 saturated heterocycles. The highest BCUT2D eigenvalue weighted by Crippen LogP contribution is 2.20. The molecule has 86 valence electrons. The van der Waals surface area contributed by atoms with E-state index in [1.54, 1.807) is 0 Å². The molecule has 0 bridgehead atoms. The summed E-state index contributed by atoms with van der Waals surface area (Å²) in [5, 5.41) is 3.32. The van der Waals surface area contributed by atoms with Crippen molar-refractivity contribution in [3.8, 4) is 0 Å². The maximum Gasteiger partial charge on any atom is 0.226 e. The summed E-state index contributed by atoms with van der Waals surface area (Å²) < 4.78 is 0. The Morgan fingerprint density at radius 3 is 2.87 bits per heavy atom. The van der Waals surface area contributed by atoms with E-state index in [9.17, 15) is 4.79 Å². The summed E-state index contributed by atoms with van der Waals surface area (Å²) in [4.78, 5) is 14.3. The van der Waals surface area contributed by atoms with Crippen LogP contribution in [0.25, 0.3) is 0 Å². The predicted molar refractivity (Wildman–Crippen MR) is 60.6 cm³/mol. The molecule has 0 aromatic heterocycles. The maximum absolute atomic E-state index is 12.2. The van der Waals surface area contributed by atoms with E-state index in [4.69, 9.17) is 0 Å². The molecule has 1 N–H and O–H groups in total. The monoisotopic (exact) mass is 210 g/mol. The minimum atomic E-state index is 0.254. The lowest BCUT2D eigenvalue weighted by molar-refractivity contribution is -0.137. The zero-order chi connectivity index (χ0) is 10.7. The molecule has 2 rings (SSSR count). The Morgan fingerprint density at radius 2 is 2.20 bits per heavy atom. The highest BCUT2D eigenvalue weighted by Gasteiger charge is 2.28. The van der Waals surface area contributed by atoms with E-state index in [0.29, 0.717) is 11.8 Å². The molecule has 3 heteroatoms. The van der Waals surface area contributed by atoms with Crippen LogP contribution in [0.5, 0.6) is 0 Å². The number of rotatable bonds is 1. The Labute approximate surface area is 92.2 Å². The van der Waals surface area contributed by atoms with Crippen molar-refractivity contribution in [1.29, 1.82) is 0 Å². The molecule has 1 unspecified atom stereocenters. The number of hydrogen-bond donors (Lipinski definition) is 1. The summed E-state index contributed by atoms with van der Waals surface area (Å²) in [5.41, 5.74) is 0. The predicted octanol–water partition coefficient (Wildman–Crippen LogP) is 1.24. The lowest BCUT2D eigenvalue weighted by Gasteiger charge is -2.34. The first-order valence-corrected chi connectivity index (χ1v) is 6.27.